The number of nitrogens with zero attached hydrogens (tertiary/aromatic N) is 1. The lowest BCUT2D eigenvalue weighted by Crippen LogP contribution is -2.33. The Labute approximate surface area is 116 Å². The van der Waals surface area contributed by atoms with Crippen LogP contribution in [0.4, 0.5) is 0 Å². The number of aliphatic hydroxyl groups is 1. The Balaban J connectivity index is 1.88. The second-order valence-electron chi connectivity index (χ2n) is 4.43. The highest BCUT2D eigenvalue weighted by Gasteiger charge is 2.13. The Morgan fingerprint density at radius 1 is 1.35 bits per heavy atom. The average Bonchev–Trinajstić information content (AvgIpc) is 2.93. The Bertz CT molecular complexity index is 553. The van der Waals surface area contributed by atoms with Crippen LogP contribution < -0.4 is 5.32 Å². The van der Waals surface area contributed by atoms with E-state index in [4.69, 9.17) is 9.63 Å². The second-order valence-corrected chi connectivity index (χ2v) is 4.43. The van der Waals surface area contributed by atoms with E-state index in [0.29, 0.717) is 18.7 Å². The van der Waals surface area contributed by atoms with Crippen molar-refractivity contribution in [1.29, 1.82) is 0 Å². The summed E-state index contributed by atoms with van der Waals surface area (Å²) in [7, 11) is 0. The molecule has 0 saturated carbocycles. The lowest BCUT2D eigenvalue weighted by Gasteiger charge is -2.15. The predicted octanol–water partition coefficient (Wildman–Crippen LogP) is 1.07. The summed E-state index contributed by atoms with van der Waals surface area (Å²) in [5.74, 6) is -0.697. The molecule has 1 aromatic heterocycles. The molecule has 20 heavy (non-hydrogen) atoms. The van der Waals surface area contributed by atoms with E-state index < -0.39 is 5.97 Å². The van der Waals surface area contributed by atoms with Gasteiger partial charge in [0.15, 0.2) is 11.5 Å². The zero-order chi connectivity index (χ0) is 14.4. The summed E-state index contributed by atoms with van der Waals surface area (Å²) in [6, 6.07) is 11.0. The number of carboxylic acid groups (broad SMARTS) is 1. The Kier molecular flexibility index (Phi) is 4.86. The minimum Gasteiger partial charge on any atom is -0.476 e. The van der Waals surface area contributed by atoms with E-state index in [9.17, 15) is 9.90 Å². The van der Waals surface area contributed by atoms with Crippen LogP contribution >= 0.6 is 0 Å². The summed E-state index contributed by atoms with van der Waals surface area (Å²) >= 11 is 0. The van der Waals surface area contributed by atoms with Crippen molar-refractivity contribution >= 4 is 5.97 Å². The van der Waals surface area contributed by atoms with Gasteiger partial charge in [-0.1, -0.05) is 35.5 Å². The van der Waals surface area contributed by atoms with Gasteiger partial charge in [0.25, 0.3) is 0 Å². The molecule has 0 aliphatic carbocycles. The molecule has 1 unspecified atom stereocenters. The van der Waals surface area contributed by atoms with Crippen LogP contribution in [0.1, 0.15) is 21.8 Å². The standard InChI is InChI=1S/C14H16N2O4/c17-9-11(6-10-4-2-1-3-5-10)15-8-12-7-13(14(18)19)16-20-12/h1-5,7,11,15,17H,6,8-9H2,(H,18,19). The van der Waals surface area contributed by atoms with Crippen LogP contribution in [0.5, 0.6) is 0 Å². The maximum absolute atomic E-state index is 10.7. The number of rotatable bonds is 7. The molecular weight excluding hydrogens is 260 g/mol. The summed E-state index contributed by atoms with van der Waals surface area (Å²) in [6.07, 6.45) is 0.678. The smallest absolute Gasteiger partial charge is 0.358 e. The number of carbonyl (C=O) groups is 1. The van der Waals surface area contributed by atoms with Crippen LogP contribution in [-0.4, -0.2) is 34.0 Å². The largest absolute Gasteiger partial charge is 0.476 e. The van der Waals surface area contributed by atoms with E-state index in [1.54, 1.807) is 0 Å². The van der Waals surface area contributed by atoms with Gasteiger partial charge in [0.2, 0.25) is 0 Å². The van der Waals surface area contributed by atoms with Gasteiger partial charge in [-0.05, 0) is 12.0 Å². The Hall–Kier alpha value is -2.18. The SMILES string of the molecule is O=C(O)c1cc(CNC(CO)Cc2ccccc2)on1. The molecule has 0 fully saturated rings. The van der Waals surface area contributed by atoms with Crippen molar-refractivity contribution < 1.29 is 19.5 Å². The third kappa shape index (κ3) is 3.91. The number of hydrogen-bond donors (Lipinski definition) is 3. The molecular formula is C14H16N2O4. The maximum atomic E-state index is 10.7. The van der Waals surface area contributed by atoms with Gasteiger partial charge in [0.05, 0.1) is 13.2 Å². The van der Waals surface area contributed by atoms with E-state index in [2.05, 4.69) is 10.5 Å². The molecule has 2 rings (SSSR count). The molecule has 0 amide bonds. The number of aromatic nitrogens is 1. The first-order valence-electron chi connectivity index (χ1n) is 6.26. The molecule has 0 spiro atoms. The summed E-state index contributed by atoms with van der Waals surface area (Å²) in [5, 5.41) is 24.6. The molecule has 0 aliphatic rings. The van der Waals surface area contributed by atoms with Crippen LogP contribution in [0.3, 0.4) is 0 Å². The van der Waals surface area contributed by atoms with E-state index in [-0.39, 0.29) is 18.3 Å². The number of carboxylic acids is 1. The van der Waals surface area contributed by atoms with Crippen molar-refractivity contribution in [3.8, 4) is 0 Å². The van der Waals surface area contributed by atoms with Crippen molar-refractivity contribution in [1.82, 2.24) is 10.5 Å². The topological polar surface area (TPSA) is 95.6 Å². The quantitative estimate of drug-likeness (QED) is 0.700. The zero-order valence-electron chi connectivity index (χ0n) is 10.8. The van der Waals surface area contributed by atoms with Gasteiger partial charge in [0, 0.05) is 12.1 Å². The Morgan fingerprint density at radius 2 is 2.10 bits per heavy atom. The van der Waals surface area contributed by atoms with Crippen LogP contribution in [-0.2, 0) is 13.0 Å². The average molecular weight is 276 g/mol. The minimum absolute atomic E-state index is 0.0190. The van der Waals surface area contributed by atoms with Crippen molar-refractivity contribution in [2.75, 3.05) is 6.61 Å². The van der Waals surface area contributed by atoms with Gasteiger partial charge in [-0.2, -0.15) is 0 Å². The second kappa shape index (κ2) is 6.83. The summed E-state index contributed by atoms with van der Waals surface area (Å²) in [5.41, 5.74) is 0.994. The molecule has 2 aromatic rings. The molecule has 0 saturated heterocycles. The van der Waals surface area contributed by atoms with Crippen molar-refractivity contribution in [3.05, 3.63) is 53.4 Å². The fraction of sp³-hybridized carbons (Fsp3) is 0.286. The number of hydrogen-bond acceptors (Lipinski definition) is 5. The minimum atomic E-state index is -1.12. The van der Waals surface area contributed by atoms with Gasteiger partial charge in [-0.3, -0.25) is 0 Å². The Morgan fingerprint density at radius 3 is 2.70 bits per heavy atom. The summed E-state index contributed by atoms with van der Waals surface area (Å²) in [4.78, 5) is 10.7. The first-order chi connectivity index (χ1) is 9.69. The molecule has 6 nitrogen and oxygen atoms in total. The number of aromatic carboxylic acids is 1. The van der Waals surface area contributed by atoms with E-state index in [1.165, 1.54) is 6.07 Å². The third-order valence-corrected chi connectivity index (χ3v) is 2.89. The highest BCUT2D eigenvalue weighted by Crippen LogP contribution is 2.06. The van der Waals surface area contributed by atoms with Crippen LogP contribution in [0.25, 0.3) is 0 Å². The number of benzene rings is 1. The molecule has 0 bridgehead atoms. The molecule has 106 valence electrons. The van der Waals surface area contributed by atoms with Gasteiger partial charge < -0.3 is 20.1 Å². The van der Waals surface area contributed by atoms with Gasteiger partial charge in [0.1, 0.15) is 0 Å². The fourth-order valence-corrected chi connectivity index (χ4v) is 1.84. The zero-order valence-corrected chi connectivity index (χ0v) is 10.8. The number of aliphatic hydroxyl groups excluding tert-OH is 1. The van der Waals surface area contributed by atoms with Gasteiger partial charge >= 0.3 is 5.97 Å². The molecule has 6 heteroatoms. The van der Waals surface area contributed by atoms with Gasteiger partial charge in [-0.15, -0.1) is 0 Å². The fourth-order valence-electron chi connectivity index (χ4n) is 1.84. The van der Waals surface area contributed by atoms with Gasteiger partial charge in [-0.25, -0.2) is 4.79 Å². The first kappa shape index (κ1) is 14.2. The summed E-state index contributed by atoms with van der Waals surface area (Å²) < 4.78 is 4.90. The van der Waals surface area contributed by atoms with E-state index >= 15 is 0 Å². The maximum Gasteiger partial charge on any atom is 0.358 e. The predicted molar refractivity (Wildman–Crippen MR) is 71.3 cm³/mol. The van der Waals surface area contributed by atoms with Crippen molar-refractivity contribution in [3.63, 3.8) is 0 Å². The molecule has 0 radical (unpaired) electrons. The molecule has 3 N–H and O–H groups in total. The van der Waals surface area contributed by atoms with Crippen LogP contribution in [0.2, 0.25) is 0 Å². The highest BCUT2D eigenvalue weighted by atomic mass is 16.5. The molecule has 1 atom stereocenters. The molecule has 1 aromatic carbocycles. The van der Waals surface area contributed by atoms with E-state index in [1.807, 2.05) is 30.3 Å². The molecule has 1 heterocycles. The third-order valence-electron chi connectivity index (χ3n) is 2.89. The number of nitrogens with one attached hydrogen (secondary N) is 1. The normalized spacial score (nSPS) is 12.2. The first-order valence-corrected chi connectivity index (χ1v) is 6.26. The monoisotopic (exact) mass is 276 g/mol. The van der Waals surface area contributed by atoms with Crippen LogP contribution in [0.15, 0.2) is 40.9 Å². The lowest BCUT2D eigenvalue weighted by molar-refractivity contribution is 0.0685. The molecule has 0 aliphatic heterocycles. The summed E-state index contributed by atoms with van der Waals surface area (Å²) in [6.45, 7) is 0.299. The van der Waals surface area contributed by atoms with Crippen LogP contribution in [0, 0.1) is 0 Å². The lowest BCUT2D eigenvalue weighted by atomic mass is 10.1. The van der Waals surface area contributed by atoms with Crippen molar-refractivity contribution in [2.24, 2.45) is 0 Å². The van der Waals surface area contributed by atoms with Crippen molar-refractivity contribution in [2.45, 2.75) is 19.0 Å². The van der Waals surface area contributed by atoms with E-state index in [0.717, 1.165) is 5.56 Å². The highest BCUT2D eigenvalue weighted by molar-refractivity contribution is 5.85.